The lowest BCUT2D eigenvalue weighted by molar-refractivity contribution is -0.144. The van der Waals surface area contributed by atoms with E-state index in [1.54, 1.807) is 0 Å². The Hall–Kier alpha value is -2.04. The number of nitrogens with one attached hydrogen (secondary N) is 1. The van der Waals surface area contributed by atoms with E-state index in [2.05, 4.69) is 41.4 Å². The third-order valence-corrected chi connectivity index (χ3v) is 5.06. The molecular formula is C19H27N3O2. The maximum Gasteiger partial charge on any atom is 0.238 e. The van der Waals surface area contributed by atoms with Gasteiger partial charge in [-0.3, -0.25) is 9.59 Å². The van der Waals surface area contributed by atoms with Crippen molar-refractivity contribution in [3.05, 3.63) is 29.8 Å². The van der Waals surface area contributed by atoms with Gasteiger partial charge in [-0.25, -0.2) is 0 Å². The molecule has 2 fully saturated rings. The van der Waals surface area contributed by atoms with E-state index in [4.69, 9.17) is 0 Å². The topological polar surface area (TPSA) is 52.7 Å². The Kier molecular flexibility index (Phi) is 4.78. The number of piperazine rings is 1. The molecule has 0 atom stereocenters. The van der Waals surface area contributed by atoms with E-state index in [0.717, 1.165) is 19.5 Å². The van der Waals surface area contributed by atoms with Gasteiger partial charge in [0, 0.05) is 38.4 Å². The number of nitrogens with zero attached hydrogens (tertiary/aromatic N) is 2. The fraction of sp³-hybridized carbons (Fsp3) is 0.579. The quantitative estimate of drug-likeness (QED) is 0.840. The van der Waals surface area contributed by atoms with Crippen LogP contribution in [0.1, 0.15) is 31.7 Å². The van der Waals surface area contributed by atoms with E-state index in [9.17, 15) is 9.59 Å². The van der Waals surface area contributed by atoms with Crippen molar-refractivity contribution in [2.75, 3.05) is 37.6 Å². The first-order valence-electron chi connectivity index (χ1n) is 8.96. The highest BCUT2D eigenvalue weighted by Crippen LogP contribution is 2.47. The SMILES string of the molecule is CCCNC(=O)C1(C(=O)N2CCN(c3cccc(C)c3)CC2)CC1. The molecule has 0 radical (unpaired) electrons. The predicted molar refractivity (Wildman–Crippen MR) is 94.9 cm³/mol. The molecule has 3 rings (SSSR count). The summed E-state index contributed by atoms with van der Waals surface area (Å²) in [6, 6.07) is 8.46. The molecule has 130 valence electrons. The van der Waals surface area contributed by atoms with Crippen molar-refractivity contribution >= 4 is 17.5 Å². The molecule has 0 spiro atoms. The number of aryl methyl sites for hydroxylation is 1. The highest BCUT2D eigenvalue weighted by Gasteiger charge is 2.57. The zero-order valence-electron chi connectivity index (χ0n) is 14.7. The molecule has 1 N–H and O–H groups in total. The standard InChI is InChI=1S/C19H27N3O2/c1-3-9-20-17(23)19(7-8-19)18(24)22-12-10-21(11-13-22)16-6-4-5-15(2)14-16/h4-6,14H,3,7-13H2,1-2H3,(H,20,23). The summed E-state index contributed by atoms with van der Waals surface area (Å²) in [6.45, 7) is 7.78. The van der Waals surface area contributed by atoms with Crippen LogP contribution in [0.25, 0.3) is 0 Å². The van der Waals surface area contributed by atoms with Crippen LogP contribution < -0.4 is 10.2 Å². The lowest BCUT2D eigenvalue weighted by Gasteiger charge is -2.37. The van der Waals surface area contributed by atoms with Gasteiger partial charge in [0.1, 0.15) is 5.41 Å². The van der Waals surface area contributed by atoms with Crippen LogP contribution in [-0.4, -0.2) is 49.4 Å². The van der Waals surface area contributed by atoms with Gasteiger partial charge in [0.2, 0.25) is 11.8 Å². The summed E-state index contributed by atoms with van der Waals surface area (Å²) in [7, 11) is 0. The number of carbonyl (C=O) groups excluding carboxylic acids is 2. The van der Waals surface area contributed by atoms with E-state index >= 15 is 0 Å². The highest BCUT2D eigenvalue weighted by molar-refractivity contribution is 6.07. The van der Waals surface area contributed by atoms with Gasteiger partial charge in [-0.05, 0) is 43.9 Å². The second-order valence-corrected chi connectivity index (χ2v) is 6.96. The zero-order valence-corrected chi connectivity index (χ0v) is 14.7. The summed E-state index contributed by atoms with van der Waals surface area (Å²) in [6.07, 6.45) is 2.28. The molecular weight excluding hydrogens is 302 g/mol. The predicted octanol–water partition coefficient (Wildman–Crippen LogP) is 1.95. The summed E-state index contributed by atoms with van der Waals surface area (Å²) < 4.78 is 0. The van der Waals surface area contributed by atoms with Gasteiger partial charge in [-0.15, -0.1) is 0 Å². The average Bonchev–Trinajstić information content (AvgIpc) is 3.41. The maximum atomic E-state index is 12.8. The number of carbonyl (C=O) groups is 2. The molecule has 0 aromatic heterocycles. The van der Waals surface area contributed by atoms with Gasteiger partial charge in [0.25, 0.3) is 0 Å². The van der Waals surface area contributed by atoms with Crippen LogP contribution >= 0.6 is 0 Å². The number of anilines is 1. The molecule has 1 aliphatic heterocycles. The van der Waals surface area contributed by atoms with Gasteiger partial charge in [0.05, 0.1) is 0 Å². The molecule has 24 heavy (non-hydrogen) atoms. The molecule has 1 aromatic rings. The van der Waals surface area contributed by atoms with Crippen LogP contribution in [0.2, 0.25) is 0 Å². The molecule has 2 amide bonds. The van der Waals surface area contributed by atoms with Crippen LogP contribution in [0.15, 0.2) is 24.3 Å². The van der Waals surface area contributed by atoms with Crippen LogP contribution in [0.3, 0.4) is 0 Å². The normalized spacial score (nSPS) is 19.1. The first-order chi connectivity index (χ1) is 11.6. The van der Waals surface area contributed by atoms with Crippen molar-refractivity contribution in [3.63, 3.8) is 0 Å². The second kappa shape index (κ2) is 6.83. The van der Waals surface area contributed by atoms with E-state index in [1.165, 1.54) is 11.3 Å². The Bertz CT molecular complexity index is 617. The van der Waals surface area contributed by atoms with Crippen LogP contribution in [0, 0.1) is 12.3 Å². The zero-order chi connectivity index (χ0) is 17.2. The smallest absolute Gasteiger partial charge is 0.238 e. The fourth-order valence-corrected chi connectivity index (χ4v) is 3.37. The van der Waals surface area contributed by atoms with Crippen molar-refractivity contribution in [2.45, 2.75) is 33.1 Å². The number of rotatable bonds is 5. The van der Waals surface area contributed by atoms with Gasteiger partial charge < -0.3 is 15.1 Å². The van der Waals surface area contributed by atoms with Crippen molar-refractivity contribution < 1.29 is 9.59 Å². The molecule has 1 heterocycles. The minimum atomic E-state index is -0.763. The lowest BCUT2D eigenvalue weighted by Crippen LogP contribution is -2.53. The Labute approximate surface area is 144 Å². The molecule has 1 saturated carbocycles. The van der Waals surface area contributed by atoms with Crippen molar-refractivity contribution in [3.8, 4) is 0 Å². The van der Waals surface area contributed by atoms with Gasteiger partial charge in [-0.1, -0.05) is 19.1 Å². The average molecular weight is 329 g/mol. The van der Waals surface area contributed by atoms with Crippen molar-refractivity contribution in [1.82, 2.24) is 10.2 Å². The van der Waals surface area contributed by atoms with Crippen LogP contribution in [-0.2, 0) is 9.59 Å². The molecule has 5 heteroatoms. The van der Waals surface area contributed by atoms with Gasteiger partial charge >= 0.3 is 0 Å². The summed E-state index contributed by atoms with van der Waals surface area (Å²) in [5.41, 5.74) is 1.69. The summed E-state index contributed by atoms with van der Waals surface area (Å²) in [4.78, 5) is 29.3. The second-order valence-electron chi connectivity index (χ2n) is 6.96. The number of amides is 2. The number of benzene rings is 1. The van der Waals surface area contributed by atoms with E-state index in [0.29, 0.717) is 32.5 Å². The monoisotopic (exact) mass is 329 g/mol. The van der Waals surface area contributed by atoms with E-state index in [1.807, 2.05) is 11.8 Å². The summed E-state index contributed by atoms with van der Waals surface area (Å²) in [5.74, 6) is -0.0459. The Morgan fingerprint density at radius 2 is 1.88 bits per heavy atom. The third kappa shape index (κ3) is 3.25. The molecule has 1 saturated heterocycles. The summed E-state index contributed by atoms with van der Waals surface area (Å²) >= 11 is 0. The minimum absolute atomic E-state index is 0.0278. The first kappa shape index (κ1) is 16.8. The minimum Gasteiger partial charge on any atom is -0.368 e. The van der Waals surface area contributed by atoms with Gasteiger partial charge in [-0.2, -0.15) is 0 Å². The van der Waals surface area contributed by atoms with Gasteiger partial charge in [0.15, 0.2) is 0 Å². The number of hydrogen-bond acceptors (Lipinski definition) is 3. The van der Waals surface area contributed by atoms with Crippen molar-refractivity contribution in [1.29, 1.82) is 0 Å². The summed E-state index contributed by atoms with van der Waals surface area (Å²) in [5, 5.41) is 2.90. The fourth-order valence-electron chi connectivity index (χ4n) is 3.37. The maximum absolute atomic E-state index is 12.8. The Morgan fingerprint density at radius 3 is 2.46 bits per heavy atom. The van der Waals surface area contributed by atoms with E-state index in [-0.39, 0.29) is 11.8 Å². The van der Waals surface area contributed by atoms with Crippen LogP contribution in [0.4, 0.5) is 5.69 Å². The molecule has 1 aliphatic carbocycles. The molecule has 2 aliphatic rings. The third-order valence-electron chi connectivity index (χ3n) is 5.06. The first-order valence-corrected chi connectivity index (χ1v) is 8.96. The Balaban J connectivity index is 1.58. The molecule has 0 unspecified atom stereocenters. The van der Waals surface area contributed by atoms with E-state index < -0.39 is 5.41 Å². The molecule has 5 nitrogen and oxygen atoms in total. The lowest BCUT2D eigenvalue weighted by atomic mass is 10.0. The van der Waals surface area contributed by atoms with Crippen molar-refractivity contribution in [2.24, 2.45) is 5.41 Å². The Morgan fingerprint density at radius 1 is 1.17 bits per heavy atom. The highest BCUT2D eigenvalue weighted by atomic mass is 16.2. The van der Waals surface area contributed by atoms with Crippen LogP contribution in [0.5, 0.6) is 0 Å². The molecule has 0 bridgehead atoms. The molecule has 1 aromatic carbocycles. The largest absolute Gasteiger partial charge is 0.368 e. The number of hydrogen-bond donors (Lipinski definition) is 1.